The third-order valence-corrected chi connectivity index (χ3v) is 8.01. The molecular weight excluding hydrogens is 683 g/mol. The molecule has 0 bridgehead atoms. The molecule has 1 saturated carbocycles. The molecule has 15 heteroatoms. The second-order valence-electron chi connectivity index (χ2n) is 12.0. The van der Waals surface area contributed by atoms with Gasteiger partial charge in [0, 0.05) is 48.1 Å². The number of carboxylic acids is 1. The Morgan fingerprint density at radius 1 is 0.846 bits per heavy atom. The summed E-state index contributed by atoms with van der Waals surface area (Å²) in [6.07, 6.45) is -3.21. The van der Waals surface area contributed by atoms with Crippen molar-refractivity contribution in [2.45, 2.75) is 44.7 Å². The van der Waals surface area contributed by atoms with E-state index in [0.29, 0.717) is 53.4 Å². The number of rotatable bonds is 10. The smallest absolute Gasteiger partial charge is 0.482 e. The minimum Gasteiger partial charge on any atom is -0.482 e. The van der Waals surface area contributed by atoms with Crippen LogP contribution in [-0.2, 0) is 29.2 Å². The Hall–Kier alpha value is -6.22. The van der Waals surface area contributed by atoms with Gasteiger partial charge in [0.25, 0.3) is 23.6 Å². The Morgan fingerprint density at radius 2 is 1.46 bits per heavy atom. The van der Waals surface area contributed by atoms with E-state index in [4.69, 9.17) is 20.4 Å². The summed E-state index contributed by atoms with van der Waals surface area (Å²) >= 11 is 0. The maximum absolute atomic E-state index is 13.4. The van der Waals surface area contributed by atoms with E-state index in [9.17, 15) is 32.3 Å². The molecule has 6 N–H and O–H groups in total. The molecular formula is C37H34F3N5O7. The minimum atomic E-state index is -5.08. The molecule has 52 heavy (non-hydrogen) atoms. The molecule has 270 valence electrons. The lowest BCUT2D eigenvalue weighted by Crippen LogP contribution is -2.33. The van der Waals surface area contributed by atoms with Crippen LogP contribution in [0.3, 0.4) is 0 Å². The number of fused-ring (bicyclic) bond motifs is 1. The Morgan fingerprint density at radius 3 is 2.10 bits per heavy atom. The predicted octanol–water partition coefficient (Wildman–Crippen LogP) is 5.10. The first kappa shape index (κ1) is 37.0. The fourth-order valence-electron chi connectivity index (χ4n) is 5.14. The van der Waals surface area contributed by atoms with E-state index in [1.54, 1.807) is 54.6 Å². The number of nitrogens with one attached hydrogen (secondary N) is 3. The monoisotopic (exact) mass is 717 g/mol. The number of carbonyl (C=O) groups is 5. The zero-order chi connectivity index (χ0) is 37.4. The van der Waals surface area contributed by atoms with Crippen LogP contribution in [0.25, 0.3) is 0 Å². The highest BCUT2D eigenvalue weighted by molar-refractivity contribution is 6.04. The average Bonchev–Trinajstić information content (AvgIpc) is 3.98. The topological polar surface area (TPSA) is 180 Å². The van der Waals surface area contributed by atoms with Gasteiger partial charge in [0.2, 0.25) is 0 Å². The van der Waals surface area contributed by atoms with Crippen molar-refractivity contribution in [3.05, 3.63) is 124 Å². The first-order chi connectivity index (χ1) is 24.8. The lowest BCUT2D eigenvalue weighted by molar-refractivity contribution is -0.192. The summed E-state index contributed by atoms with van der Waals surface area (Å²) in [4.78, 5) is 61.3. The molecule has 1 heterocycles. The Labute approximate surface area is 295 Å². The number of hydrogen-bond acceptors (Lipinski definition) is 7. The second-order valence-corrected chi connectivity index (χ2v) is 12.0. The van der Waals surface area contributed by atoms with Crippen LogP contribution >= 0.6 is 0 Å². The lowest BCUT2D eigenvalue weighted by atomic mass is 10.1. The van der Waals surface area contributed by atoms with E-state index in [1.165, 1.54) is 0 Å². The van der Waals surface area contributed by atoms with E-state index in [1.807, 2.05) is 41.3 Å². The molecule has 1 aliphatic heterocycles. The van der Waals surface area contributed by atoms with Gasteiger partial charge in [-0.1, -0.05) is 36.4 Å². The highest BCUT2D eigenvalue weighted by Crippen LogP contribution is 2.33. The summed E-state index contributed by atoms with van der Waals surface area (Å²) in [5, 5.41) is 15.6. The number of aliphatic carboxylic acids is 1. The summed E-state index contributed by atoms with van der Waals surface area (Å²) in [5.41, 5.74) is 11.1. The van der Waals surface area contributed by atoms with Gasteiger partial charge in [-0.15, -0.1) is 0 Å². The quantitative estimate of drug-likeness (QED) is 0.150. The lowest BCUT2D eigenvalue weighted by Gasteiger charge is -2.24. The van der Waals surface area contributed by atoms with Crippen molar-refractivity contribution >= 4 is 41.0 Å². The van der Waals surface area contributed by atoms with Crippen molar-refractivity contribution in [1.29, 1.82) is 0 Å². The predicted molar refractivity (Wildman–Crippen MR) is 183 cm³/mol. The number of benzene rings is 4. The van der Waals surface area contributed by atoms with E-state index in [-0.39, 0.29) is 36.3 Å². The van der Waals surface area contributed by atoms with E-state index >= 15 is 0 Å². The van der Waals surface area contributed by atoms with Crippen LogP contribution in [-0.4, -0.2) is 58.4 Å². The number of hydrogen-bond donors (Lipinski definition) is 5. The summed E-state index contributed by atoms with van der Waals surface area (Å²) in [5.74, 6) is -3.11. The van der Waals surface area contributed by atoms with Crippen LogP contribution in [0, 0.1) is 0 Å². The van der Waals surface area contributed by atoms with Crippen LogP contribution in [0.15, 0.2) is 91.0 Å². The fourth-order valence-corrected chi connectivity index (χ4v) is 5.14. The normalized spacial score (nSPS) is 13.3. The number of anilines is 2. The van der Waals surface area contributed by atoms with Gasteiger partial charge in [-0.05, 0) is 84.1 Å². The van der Waals surface area contributed by atoms with Crippen molar-refractivity contribution in [3.8, 4) is 5.75 Å². The van der Waals surface area contributed by atoms with Gasteiger partial charge in [0.15, 0.2) is 6.61 Å². The van der Waals surface area contributed by atoms with E-state index in [2.05, 4.69) is 16.0 Å². The van der Waals surface area contributed by atoms with E-state index < -0.39 is 12.1 Å². The van der Waals surface area contributed by atoms with Gasteiger partial charge < -0.3 is 36.4 Å². The minimum absolute atomic E-state index is 0.0780. The molecule has 4 amide bonds. The zero-order valence-corrected chi connectivity index (χ0v) is 27.5. The highest BCUT2D eigenvalue weighted by Gasteiger charge is 2.38. The maximum Gasteiger partial charge on any atom is 0.490 e. The Kier molecular flexibility index (Phi) is 11.5. The van der Waals surface area contributed by atoms with Crippen molar-refractivity contribution < 1.29 is 47.0 Å². The molecule has 1 fully saturated rings. The molecule has 0 aromatic heterocycles. The molecule has 6 rings (SSSR count). The van der Waals surface area contributed by atoms with E-state index in [0.717, 1.165) is 29.5 Å². The largest absolute Gasteiger partial charge is 0.490 e. The summed E-state index contributed by atoms with van der Waals surface area (Å²) in [7, 11) is 0. The molecule has 2 aliphatic rings. The van der Waals surface area contributed by atoms with Crippen LogP contribution in [0.2, 0.25) is 0 Å². The number of nitrogens with zero attached hydrogens (tertiary/aromatic N) is 1. The van der Waals surface area contributed by atoms with Crippen molar-refractivity contribution in [3.63, 3.8) is 0 Å². The van der Waals surface area contributed by atoms with Gasteiger partial charge in [-0.2, -0.15) is 13.2 Å². The number of carboxylic acid groups (broad SMARTS) is 1. The third kappa shape index (κ3) is 9.94. The molecule has 4 aromatic rings. The first-order valence-electron chi connectivity index (χ1n) is 16.0. The van der Waals surface area contributed by atoms with Crippen molar-refractivity contribution in [2.24, 2.45) is 5.73 Å². The van der Waals surface area contributed by atoms with Crippen LogP contribution in [0.4, 0.5) is 24.5 Å². The molecule has 12 nitrogen and oxygen atoms in total. The standard InChI is InChI=1S/C35H33N5O5.C2HF3O2/c36-18-23-2-1-3-24(16-23)19-37-33(42)25-8-11-28(12-9-25)38-34(43)26-6-4-22(5-7-26)20-40(29-13-14-29)35(44)27-10-15-30-31(17-27)45-21-32(41)39-30;3-2(4,5)1(6)7/h1-12,15-17,29H,13-14,18-21,36H2,(H,37,42)(H,38,43)(H,39,41);(H,6,7). The van der Waals surface area contributed by atoms with Gasteiger partial charge in [-0.3, -0.25) is 19.2 Å². The number of alkyl halides is 3. The number of halogens is 3. The van der Waals surface area contributed by atoms with Gasteiger partial charge in [0.1, 0.15) is 5.75 Å². The molecule has 0 unspecified atom stereocenters. The van der Waals surface area contributed by atoms with Crippen LogP contribution < -0.4 is 26.4 Å². The number of carbonyl (C=O) groups excluding carboxylic acids is 4. The summed E-state index contributed by atoms with van der Waals surface area (Å²) < 4.78 is 37.2. The molecule has 0 saturated heterocycles. The SMILES string of the molecule is NCc1cccc(CNC(=O)c2ccc(NC(=O)c3ccc(CN(C(=O)c4ccc5c(c4)OCC(=O)N5)C4CC4)cc3)cc2)c1.O=C(O)C(F)(F)F. The molecule has 0 atom stereocenters. The Balaban J connectivity index is 0.000000679. The van der Waals surface area contributed by atoms with Gasteiger partial charge in [-0.25, -0.2) is 4.79 Å². The fraction of sp³-hybridized carbons (Fsp3) is 0.216. The first-order valence-corrected chi connectivity index (χ1v) is 16.0. The third-order valence-electron chi connectivity index (χ3n) is 8.01. The molecule has 0 spiro atoms. The van der Waals surface area contributed by atoms with Gasteiger partial charge >= 0.3 is 12.1 Å². The van der Waals surface area contributed by atoms with Crippen LogP contribution in [0.1, 0.15) is 60.6 Å². The van der Waals surface area contributed by atoms with Crippen molar-refractivity contribution in [2.75, 3.05) is 17.2 Å². The number of amides is 4. The number of nitrogens with two attached hydrogens (primary N) is 1. The van der Waals surface area contributed by atoms with Crippen LogP contribution in [0.5, 0.6) is 5.75 Å². The van der Waals surface area contributed by atoms with Gasteiger partial charge in [0.05, 0.1) is 5.69 Å². The molecule has 0 radical (unpaired) electrons. The average molecular weight is 718 g/mol. The maximum atomic E-state index is 13.4. The Bertz CT molecular complexity index is 1960. The van der Waals surface area contributed by atoms with Crippen molar-refractivity contribution in [1.82, 2.24) is 10.2 Å². The molecule has 1 aliphatic carbocycles. The zero-order valence-electron chi connectivity index (χ0n) is 27.5. The highest BCUT2D eigenvalue weighted by atomic mass is 19.4. The second kappa shape index (κ2) is 16.2. The number of ether oxygens (including phenoxy) is 1. The summed E-state index contributed by atoms with van der Waals surface area (Å²) in [6.45, 7) is 1.15. The summed E-state index contributed by atoms with van der Waals surface area (Å²) in [6, 6.07) is 26.8. The molecule has 4 aromatic carbocycles.